The third-order valence-corrected chi connectivity index (χ3v) is 6.66. The Bertz CT molecular complexity index is 783. The molecule has 1 amide bonds. The summed E-state index contributed by atoms with van der Waals surface area (Å²) < 4.78 is 25.6. The van der Waals surface area contributed by atoms with Crippen LogP contribution in [-0.4, -0.2) is 67.3 Å². The first-order valence-corrected chi connectivity index (χ1v) is 10.9. The van der Waals surface area contributed by atoms with Gasteiger partial charge in [0.05, 0.1) is 24.6 Å². The van der Waals surface area contributed by atoms with Crippen LogP contribution in [0.3, 0.4) is 0 Å². The van der Waals surface area contributed by atoms with Gasteiger partial charge in [-0.1, -0.05) is 6.92 Å². The van der Waals surface area contributed by atoms with Gasteiger partial charge in [0.2, 0.25) is 5.91 Å². The van der Waals surface area contributed by atoms with E-state index >= 15 is 0 Å². The molecule has 1 fully saturated rings. The van der Waals surface area contributed by atoms with E-state index in [4.69, 9.17) is 0 Å². The van der Waals surface area contributed by atoms with Crippen LogP contribution in [0.15, 0.2) is 6.07 Å². The van der Waals surface area contributed by atoms with Crippen LogP contribution in [0, 0.1) is 13.8 Å². The van der Waals surface area contributed by atoms with E-state index in [9.17, 15) is 18.0 Å². The van der Waals surface area contributed by atoms with Gasteiger partial charge in [0, 0.05) is 29.5 Å². The molecule has 0 spiro atoms. The zero-order chi connectivity index (χ0) is 19.5. The number of carbonyl (C=O) groups excluding carboxylic acids is 2. The number of hydrogen-bond donors (Lipinski definition) is 1. The van der Waals surface area contributed by atoms with Crippen LogP contribution in [0.5, 0.6) is 0 Å². The molecule has 1 saturated heterocycles. The number of rotatable bonds is 8. The second-order valence-electron chi connectivity index (χ2n) is 6.89. The summed E-state index contributed by atoms with van der Waals surface area (Å²) in [6.07, 6.45) is 0.588. The minimum atomic E-state index is -2.99. The summed E-state index contributed by atoms with van der Waals surface area (Å²) in [4.78, 5) is 26.3. The zero-order valence-electron chi connectivity index (χ0n) is 16.0. The fourth-order valence-corrected chi connectivity index (χ4v) is 5.32. The summed E-state index contributed by atoms with van der Waals surface area (Å²) in [5, 5.41) is 2.74. The summed E-state index contributed by atoms with van der Waals surface area (Å²) in [6, 6.07) is 1.74. The molecule has 2 heterocycles. The first-order valence-electron chi connectivity index (χ1n) is 9.09. The molecule has 2 rings (SSSR count). The van der Waals surface area contributed by atoms with Crippen molar-refractivity contribution in [2.24, 2.45) is 0 Å². The van der Waals surface area contributed by atoms with Gasteiger partial charge in [0.15, 0.2) is 15.6 Å². The SMILES string of the molecule is CCNC(=O)CN(CC)CC(=O)c1cc(C)n([C@@H]2CCS(=O)(=O)C2)c1C. The van der Waals surface area contributed by atoms with Crippen molar-refractivity contribution in [2.75, 3.05) is 37.7 Å². The van der Waals surface area contributed by atoms with Crippen LogP contribution in [0.25, 0.3) is 0 Å². The highest BCUT2D eigenvalue weighted by molar-refractivity contribution is 7.91. The topological polar surface area (TPSA) is 88.5 Å². The third kappa shape index (κ3) is 4.73. The van der Waals surface area contributed by atoms with E-state index in [0.717, 1.165) is 11.4 Å². The van der Waals surface area contributed by atoms with Gasteiger partial charge in [-0.15, -0.1) is 0 Å². The Morgan fingerprint density at radius 1 is 1.27 bits per heavy atom. The number of nitrogens with zero attached hydrogens (tertiary/aromatic N) is 2. The number of aryl methyl sites for hydroxylation is 1. The molecule has 1 atom stereocenters. The summed E-state index contributed by atoms with van der Waals surface area (Å²) in [5.41, 5.74) is 2.32. The molecule has 0 radical (unpaired) electrons. The van der Waals surface area contributed by atoms with Crippen molar-refractivity contribution >= 4 is 21.5 Å². The Labute approximate surface area is 155 Å². The zero-order valence-corrected chi connectivity index (χ0v) is 16.9. The highest BCUT2D eigenvalue weighted by atomic mass is 32.2. The Morgan fingerprint density at radius 3 is 2.50 bits per heavy atom. The van der Waals surface area contributed by atoms with Gasteiger partial charge in [-0.2, -0.15) is 0 Å². The number of carbonyl (C=O) groups is 2. The second-order valence-corrected chi connectivity index (χ2v) is 9.12. The minimum Gasteiger partial charge on any atom is -0.355 e. The lowest BCUT2D eigenvalue weighted by Crippen LogP contribution is -2.39. The molecule has 1 aliphatic heterocycles. The minimum absolute atomic E-state index is 0.0450. The molecule has 1 N–H and O–H groups in total. The van der Waals surface area contributed by atoms with Gasteiger partial charge < -0.3 is 9.88 Å². The number of likely N-dealkylation sites (N-methyl/N-ethyl adjacent to an activating group) is 2. The third-order valence-electron chi connectivity index (χ3n) is 4.91. The lowest BCUT2D eigenvalue weighted by molar-refractivity contribution is -0.121. The van der Waals surface area contributed by atoms with E-state index in [1.165, 1.54) is 0 Å². The van der Waals surface area contributed by atoms with E-state index in [1.807, 2.05) is 38.3 Å². The lowest BCUT2D eigenvalue weighted by Gasteiger charge is -2.19. The van der Waals surface area contributed by atoms with Crippen LogP contribution in [0.4, 0.5) is 0 Å². The van der Waals surface area contributed by atoms with E-state index in [2.05, 4.69) is 5.32 Å². The predicted octanol–water partition coefficient (Wildman–Crippen LogP) is 1.11. The fourth-order valence-electron chi connectivity index (χ4n) is 3.62. The monoisotopic (exact) mass is 383 g/mol. The Balaban J connectivity index is 2.14. The van der Waals surface area contributed by atoms with Gasteiger partial charge in [0.1, 0.15) is 0 Å². The van der Waals surface area contributed by atoms with Crippen LogP contribution < -0.4 is 5.32 Å². The highest BCUT2D eigenvalue weighted by Crippen LogP contribution is 2.29. The first-order chi connectivity index (χ1) is 12.2. The highest BCUT2D eigenvalue weighted by Gasteiger charge is 2.31. The molecule has 7 nitrogen and oxygen atoms in total. The van der Waals surface area contributed by atoms with Crippen molar-refractivity contribution < 1.29 is 18.0 Å². The Hall–Kier alpha value is -1.67. The summed E-state index contributed by atoms with van der Waals surface area (Å²) >= 11 is 0. The molecule has 0 bridgehead atoms. The molecule has 0 aliphatic carbocycles. The second kappa shape index (κ2) is 8.35. The molecule has 1 aromatic rings. The Morgan fingerprint density at radius 2 is 1.96 bits per heavy atom. The molecule has 8 heteroatoms. The number of aromatic nitrogens is 1. The molecule has 0 aromatic carbocycles. The van der Waals surface area contributed by atoms with Crippen molar-refractivity contribution in [3.8, 4) is 0 Å². The van der Waals surface area contributed by atoms with E-state index in [1.54, 1.807) is 4.90 Å². The maximum absolute atomic E-state index is 12.8. The largest absolute Gasteiger partial charge is 0.355 e. The number of amides is 1. The molecule has 1 aromatic heterocycles. The number of Topliss-reactive ketones (excluding diaryl/α,β-unsaturated/α-hetero) is 1. The molecular formula is C18H29N3O4S. The van der Waals surface area contributed by atoms with Gasteiger partial charge in [0.25, 0.3) is 0 Å². The molecule has 0 unspecified atom stereocenters. The number of ketones is 1. The van der Waals surface area contributed by atoms with Gasteiger partial charge in [-0.25, -0.2) is 8.42 Å². The Kier molecular flexibility index (Phi) is 6.63. The van der Waals surface area contributed by atoms with Crippen molar-refractivity contribution in [1.82, 2.24) is 14.8 Å². The summed E-state index contributed by atoms with van der Waals surface area (Å²) in [6.45, 7) is 9.07. The summed E-state index contributed by atoms with van der Waals surface area (Å²) in [7, 11) is -2.99. The quantitative estimate of drug-likeness (QED) is 0.679. The van der Waals surface area contributed by atoms with Crippen molar-refractivity contribution in [3.05, 3.63) is 23.0 Å². The van der Waals surface area contributed by atoms with E-state index < -0.39 is 9.84 Å². The predicted molar refractivity (Wildman–Crippen MR) is 101 cm³/mol. The lowest BCUT2D eigenvalue weighted by atomic mass is 10.1. The van der Waals surface area contributed by atoms with Crippen LogP contribution in [0.2, 0.25) is 0 Å². The standard InChI is InChI=1S/C18H29N3O4S/c1-5-19-18(23)11-20(6-2)10-17(22)16-9-13(3)21(14(16)4)15-7-8-26(24,25)12-15/h9,15H,5-8,10-12H2,1-4H3,(H,19,23)/t15-/m1/s1. The van der Waals surface area contributed by atoms with Crippen molar-refractivity contribution in [1.29, 1.82) is 0 Å². The summed E-state index contributed by atoms with van der Waals surface area (Å²) in [5.74, 6) is 0.198. The van der Waals surface area contributed by atoms with E-state index in [0.29, 0.717) is 25.1 Å². The van der Waals surface area contributed by atoms with Crippen LogP contribution >= 0.6 is 0 Å². The molecule has 26 heavy (non-hydrogen) atoms. The molecule has 0 saturated carbocycles. The molecule has 146 valence electrons. The fraction of sp³-hybridized carbons (Fsp3) is 0.667. The van der Waals surface area contributed by atoms with E-state index in [-0.39, 0.29) is 42.3 Å². The van der Waals surface area contributed by atoms with Gasteiger partial charge in [-0.05, 0) is 39.8 Å². The molecular weight excluding hydrogens is 354 g/mol. The van der Waals surface area contributed by atoms with Gasteiger partial charge in [-0.3, -0.25) is 14.5 Å². The van der Waals surface area contributed by atoms with Gasteiger partial charge >= 0.3 is 0 Å². The van der Waals surface area contributed by atoms with Crippen LogP contribution in [0.1, 0.15) is 48.1 Å². The number of hydrogen-bond acceptors (Lipinski definition) is 5. The maximum atomic E-state index is 12.8. The number of sulfone groups is 1. The first kappa shape index (κ1) is 20.6. The van der Waals surface area contributed by atoms with Crippen molar-refractivity contribution in [2.45, 2.75) is 40.2 Å². The average Bonchev–Trinajstić information content (AvgIpc) is 3.05. The smallest absolute Gasteiger partial charge is 0.234 e. The maximum Gasteiger partial charge on any atom is 0.234 e. The average molecular weight is 384 g/mol. The normalized spacial score (nSPS) is 19.0. The van der Waals surface area contributed by atoms with Crippen LogP contribution in [-0.2, 0) is 14.6 Å². The van der Waals surface area contributed by atoms with Crippen molar-refractivity contribution in [3.63, 3.8) is 0 Å². The number of nitrogens with one attached hydrogen (secondary N) is 1. The molecule has 1 aliphatic rings.